The van der Waals surface area contributed by atoms with Gasteiger partial charge in [-0.1, -0.05) is 38.2 Å². The molecule has 2 aliphatic rings. The largest absolute Gasteiger partial charge is 0.376 e. The van der Waals surface area contributed by atoms with Crippen LogP contribution in [0.3, 0.4) is 0 Å². The summed E-state index contributed by atoms with van der Waals surface area (Å²) in [4.78, 5) is 16.1. The van der Waals surface area contributed by atoms with E-state index >= 15 is 0 Å². The molecule has 1 amide bonds. The fraction of sp³-hybridized carbons (Fsp3) is 0.737. The molecule has 1 aromatic heterocycles. The molecule has 1 aliphatic carbocycles. The second-order valence-electron chi connectivity index (χ2n) is 7.03. The zero-order chi connectivity index (χ0) is 15.9. The number of hydrogen-bond donors (Lipinski definition) is 0. The average Bonchev–Trinajstić information content (AvgIpc) is 3.27. The van der Waals surface area contributed by atoms with Crippen LogP contribution in [-0.2, 0) is 16.1 Å². The Morgan fingerprint density at radius 3 is 2.78 bits per heavy atom. The van der Waals surface area contributed by atoms with Gasteiger partial charge in [0, 0.05) is 24.4 Å². The first kappa shape index (κ1) is 17.0. The van der Waals surface area contributed by atoms with Crippen LogP contribution in [0.25, 0.3) is 0 Å². The monoisotopic (exact) mass is 335 g/mol. The van der Waals surface area contributed by atoms with Crippen molar-refractivity contribution in [3.8, 4) is 0 Å². The molecule has 0 spiro atoms. The second-order valence-corrected chi connectivity index (χ2v) is 8.06. The molecular formula is C19H29NO2S. The van der Waals surface area contributed by atoms with Gasteiger partial charge in [-0.25, -0.2) is 0 Å². The highest BCUT2D eigenvalue weighted by Crippen LogP contribution is 2.28. The van der Waals surface area contributed by atoms with E-state index in [1.807, 2.05) is 4.90 Å². The van der Waals surface area contributed by atoms with Gasteiger partial charge in [-0.15, -0.1) is 11.3 Å². The number of thiophene rings is 1. The lowest BCUT2D eigenvalue weighted by molar-refractivity contribution is -0.133. The fourth-order valence-corrected chi connectivity index (χ4v) is 4.56. The van der Waals surface area contributed by atoms with Crippen LogP contribution in [0.1, 0.15) is 62.7 Å². The van der Waals surface area contributed by atoms with E-state index in [1.165, 1.54) is 37.0 Å². The van der Waals surface area contributed by atoms with Gasteiger partial charge in [0.2, 0.25) is 5.91 Å². The lowest BCUT2D eigenvalue weighted by atomic mass is 9.86. The predicted molar refractivity (Wildman–Crippen MR) is 94.5 cm³/mol. The summed E-state index contributed by atoms with van der Waals surface area (Å²) in [5.74, 6) is 1.10. The number of carbonyl (C=O) groups is 1. The summed E-state index contributed by atoms with van der Waals surface area (Å²) in [6, 6.07) is 4.19. The maximum Gasteiger partial charge on any atom is 0.222 e. The molecule has 23 heavy (non-hydrogen) atoms. The van der Waals surface area contributed by atoms with E-state index in [1.54, 1.807) is 11.3 Å². The van der Waals surface area contributed by atoms with Crippen LogP contribution < -0.4 is 0 Å². The van der Waals surface area contributed by atoms with Gasteiger partial charge in [-0.2, -0.15) is 0 Å². The number of amides is 1. The number of rotatable bonds is 7. The van der Waals surface area contributed by atoms with Crippen molar-refractivity contribution < 1.29 is 9.53 Å². The Balaban J connectivity index is 1.53. The summed E-state index contributed by atoms with van der Waals surface area (Å²) in [5, 5.41) is 2.09. The molecule has 1 unspecified atom stereocenters. The molecule has 0 radical (unpaired) electrons. The first-order valence-electron chi connectivity index (χ1n) is 9.23. The Morgan fingerprint density at radius 2 is 2.09 bits per heavy atom. The molecule has 1 aromatic rings. The Hall–Kier alpha value is -0.870. The van der Waals surface area contributed by atoms with E-state index in [2.05, 4.69) is 17.5 Å². The van der Waals surface area contributed by atoms with Gasteiger partial charge in [-0.05, 0) is 36.6 Å². The molecule has 1 atom stereocenters. The van der Waals surface area contributed by atoms with Crippen LogP contribution in [0.2, 0.25) is 0 Å². The summed E-state index contributed by atoms with van der Waals surface area (Å²) >= 11 is 1.74. The molecule has 0 aromatic carbocycles. The van der Waals surface area contributed by atoms with Gasteiger partial charge in [0.05, 0.1) is 12.6 Å². The molecule has 0 N–H and O–H groups in total. The van der Waals surface area contributed by atoms with Crippen molar-refractivity contribution in [2.45, 2.75) is 70.4 Å². The number of ether oxygens (including phenoxy) is 1. The third kappa shape index (κ3) is 5.32. The lowest BCUT2D eigenvalue weighted by Gasteiger charge is -2.27. The van der Waals surface area contributed by atoms with Crippen molar-refractivity contribution in [1.82, 2.24) is 4.90 Å². The second kappa shape index (κ2) is 8.84. The van der Waals surface area contributed by atoms with E-state index in [4.69, 9.17) is 4.74 Å². The summed E-state index contributed by atoms with van der Waals surface area (Å²) in [5.41, 5.74) is 0. The first-order chi connectivity index (χ1) is 11.3. The highest BCUT2D eigenvalue weighted by atomic mass is 32.1. The summed E-state index contributed by atoms with van der Waals surface area (Å²) in [6.07, 6.45) is 11.0. The molecule has 2 fully saturated rings. The zero-order valence-electron chi connectivity index (χ0n) is 14.0. The van der Waals surface area contributed by atoms with Crippen LogP contribution in [-0.4, -0.2) is 30.1 Å². The Kier molecular flexibility index (Phi) is 6.52. The van der Waals surface area contributed by atoms with Crippen molar-refractivity contribution in [3.63, 3.8) is 0 Å². The van der Waals surface area contributed by atoms with Crippen molar-refractivity contribution in [2.24, 2.45) is 5.92 Å². The standard InChI is InChI=1S/C19H29NO2S/c21-19(11-10-16-6-2-1-3-7-16)20(14-17-8-4-12-22-17)15-18-9-5-13-23-18/h5,9,13,16-17H,1-4,6-8,10-12,14-15H2. The lowest BCUT2D eigenvalue weighted by Crippen LogP contribution is -2.36. The van der Waals surface area contributed by atoms with E-state index < -0.39 is 0 Å². The Labute approximate surface area is 144 Å². The quantitative estimate of drug-likeness (QED) is 0.728. The minimum atomic E-state index is 0.244. The third-order valence-corrected chi connectivity index (χ3v) is 6.08. The van der Waals surface area contributed by atoms with Crippen molar-refractivity contribution >= 4 is 17.2 Å². The maximum atomic E-state index is 12.8. The average molecular weight is 336 g/mol. The third-order valence-electron chi connectivity index (χ3n) is 5.22. The minimum absolute atomic E-state index is 0.244. The molecular weight excluding hydrogens is 306 g/mol. The molecule has 1 aliphatic heterocycles. The maximum absolute atomic E-state index is 12.8. The van der Waals surface area contributed by atoms with Crippen molar-refractivity contribution in [1.29, 1.82) is 0 Å². The fourth-order valence-electron chi connectivity index (χ4n) is 3.84. The Bertz CT molecular complexity index is 462. The van der Waals surface area contributed by atoms with Crippen molar-refractivity contribution in [2.75, 3.05) is 13.2 Å². The van der Waals surface area contributed by atoms with Gasteiger partial charge >= 0.3 is 0 Å². The first-order valence-corrected chi connectivity index (χ1v) is 10.1. The van der Waals surface area contributed by atoms with E-state index in [0.29, 0.717) is 12.3 Å². The Morgan fingerprint density at radius 1 is 1.22 bits per heavy atom. The van der Waals surface area contributed by atoms with Crippen LogP contribution in [0, 0.1) is 5.92 Å². The SMILES string of the molecule is O=C(CCC1CCCCC1)N(Cc1cccs1)CC1CCCO1. The minimum Gasteiger partial charge on any atom is -0.376 e. The van der Waals surface area contributed by atoms with Crippen LogP contribution in [0.4, 0.5) is 0 Å². The van der Waals surface area contributed by atoms with E-state index in [-0.39, 0.29) is 6.10 Å². The summed E-state index contributed by atoms with van der Waals surface area (Å²) < 4.78 is 5.76. The molecule has 1 saturated heterocycles. The van der Waals surface area contributed by atoms with E-state index in [9.17, 15) is 4.79 Å². The molecule has 4 heteroatoms. The smallest absolute Gasteiger partial charge is 0.222 e. The van der Waals surface area contributed by atoms with Gasteiger partial charge in [0.15, 0.2) is 0 Å². The normalized spacial score (nSPS) is 22.3. The number of carbonyl (C=O) groups excluding carboxylic acids is 1. The topological polar surface area (TPSA) is 29.5 Å². The van der Waals surface area contributed by atoms with Crippen LogP contribution in [0.15, 0.2) is 17.5 Å². The van der Waals surface area contributed by atoms with Gasteiger partial charge in [0.1, 0.15) is 0 Å². The van der Waals surface area contributed by atoms with Crippen LogP contribution >= 0.6 is 11.3 Å². The zero-order valence-corrected chi connectivity index (χ0v) is 14.9. The molecule has 3 rings (SSSR count). The summed E-state index contributed by atoms with van der Waals surface area (Å²) in [6.45, 7) is 2.37. The molecule has 0 bridgehead atoms. The molecule has 2 heterocycles. The van der Waals surface area contributed by atoms with Crippen LogP contribution in [0.5, 0.6) is 0 Å². The summed E-state index contributed by atoms with van der Waals surface area (Å²) in [7, 11) is 0. The van der Waals surface area contributed by atoms with E-state index in [0.717, 1.165) is 44.9 Å². The number of nitrogens with zero attached hydrogens (tertiary/aromatic N) is 1. The molecule has 1 saturated carbocycles. The highest BCUT2D eigenvalue weighted by molar-refractivity contribution is 7.09. The van der Waals surface area contributed by atoms with Gasteiger partial charge < -0.3 is 9.64 Å². The molecule has 3 nitrogen and oxygen atoms in total. The highest BCUT2D eigenvalue weighted by Gasteiger charge is 2.24. The van der Waals surface area contributed by atoms with Gasteiger partial charge in [-0.3, -0.25) is 4.79 Å². The molecule has 128 valence electrons. The number of hydrogen-bond acceptors (Lipinski definition) is 3. The van der Waals surface area contributed by atoms with Gasteiger partial charge in [0.25, 0.3) is 0 Å². The van der Waals surface area contributed by atoms with Crippen molar-refractivity contribution in [3.05, 3.63) is 22.4 Å². The predicted octanol–water partition coefficient (Wildman–Crippen LogP) is 4.62.